The topological polar surface area (TPSA) is 109 Å². The summed E-state index contributed by atoms with van der Waals surface area (Å²) in [5, 5.41) is 10.3. The third-order valence-electron chi connectivity index (χ3n) is 7.22. The van der Waals surface area contributed by atoms with Gasteiger partial charge in [-0.1, -0.05) is 0 Å². The van der Waals surface area contributed by atoms with Crippen LogP contribution in [0.1, 0.15) is 36.6 Å². The Morgan fingerprint density at radius 3 is 2.72 bits per heavy atom. The van der Waals surface area contributed by atoms with Crippen molar-refractivity contribution in [3.05, 3.63) is 35.8 Å². The molecule has 0 bridgehead atoms. The summed E-state index contributed by atoms with van der Waals surface area (Å²) in [7, 11) is 0. The van der Waals surface area contributed by atoms with Crippen LogP contribution in [0.2, 0.25) is 0 Å². The lowest BCUT2D eigenvalue weighted by Gasteiger charge is -2.32. The van der Waals surface area contributed by atoms with Crippen molar-refractivity contribution < 1.29 is 22.6 Å². The normalized spacial score (nSPS) is 24.4. The van der Waals surface area contributed by atoms with Crippen molar-refractivity contribution >= 4 is 17.0 Å². The minimum atomic E-state index is -4.61. The minimum absolute atomic E-state index is 0.0658. The third kappa shape index (κ3) is 4.54. The molecule has 6 heterocycles. The summed E-state index contributed by atoms with van der Waals surface area (Å²) in [6, 6.07) is 3.49. The number of aromatic nitrogens is 4. The Labute approximate surface area is 205 Å². The van der Waals surface area contributed by atoms with Crippen molar-refractivity contribution in [2.75, 3.05) is 44.7 Å². The fourth-order valence-electron chi connectivity index (χ4n) is 5.37. The molecule has 6 rings (SSSR count). The van der Waals surface area contributed by atoms with Gasteiger partial charge in [-0.2, -0.15) is 13.2 Å². The monoisotopic (exact) mass is 503 g/mol. The van der Waals surface area contributed by atoms with Crippen molar-refractivity contribution in [2.24, 2.45) is 0 Å². The SMILES string of the molecule is FC(F)(F)c1cnc(NC2COC3(CCNCC3)C2)nc1-c1c[nH]c2nc(C3CNCCO3)ccc12. The summed E-state index contributed by atoms with van der Waals surface area (Å²) in [6.45, 7) is 4.25. The van der Waals surface area contributed by atoms with Crippen LogP contribution >= 0.6 is 0 Å². The molecule has 0 aromatic carbocycles. The van der Waals surface area contributed by atoms with Crippen LogP contribution in [0.5, 0.6) is 0 Å². The van der Waals surface area contributed by atoms with Crippen molar-refractivity contribution in [3.8, 4) is 11.3 Å². The summed E-state index contributed by atoms with van der Waals surface area (Å²) in [5.41, 5.74) is 0.256. The molecule has 0 amide bonds. The van der Waals surface area contributed by atoms with Crippen molar-refractivity contribution in [2.45, 2.75) is 43.2 Å². The number of pyridine rings is 1. The predicted molar refractivity (Wildman–Crippen MR) is 126 cm³/mol. The second kappa shape index (κ2) is 9.25. The summed E-state index contributed by atoms with van der Waals surface area (Å²) in [5.74, 6) is 0.151. The first kappa shape index (κ1) is 23.6. The molecule has 0 saturated carbocycles. The first-order valence-corrected chi connectivity index (χ1v) is 12.3. The van der Waals surface area contributed by atoms with E-state index in [0.717, 1.165) is 50.8 Å². The zero-order chi connectivity index (χ0) is 24.8. The third-order valence-corrected chi connectivity index (χ3v) is 7.22. The zero-order valence-corrected chi connectivity index (χ0v) is 19.6. The van der Waals surface area contributed by atoms with Gasteiger partial charge >= 0.3 is 6.18 Å². The van der Waals surface area contributed by atoms with E-state index >= 15 is 0 Å². The van der Waals surface area contributed by atoms with Gasteiger partial charge in [-0.15, -0.1) is 0 Å². The summed E-state index contributed by atoms with van der Waals surface area (Å²) >= 11 is 0. The number of hydrogen-bond acceptors (Lipinski definition) is 8. The number of piperidine rings is 1. The number of nitrogens with zero attached hydrogens (tertiary/aromatic N) is 3. The van der Waals surface area contributed by atoms with Crippen LogP contribution in [0.4, 0.5) is 19.1 Å². The highest BCUT2D eigenvalue weighted by molar-refractivity contribution is 5.93. The van der Waals surface area contributed by atoms with E-state index in [9.17, 15) is 13.2 Å². The number of rotatable bonds is 4. The van der Waals surface area contributed by atoms with Gasteiger partial charge in [0.25, 0.3) is 0 Å². The molecule has 3 fully saturated rings. The number of fused-ring (bicyclic) bond motifs is 1. The number of nitrogens with one attached hydrogen (secondary N) is 4. The van der Waals surface area contributed by atoms with Gasteiger partial charge in [0.15, 0.2) is 0 Å². The quantitative estimate of drug-likeness (QED) is 0.430. The van der Waals surface area contributed by atoms with E-state index in [2.05, 4.69) is 35.9 Å². The van der Waals surface area contributed by atoms with Gasteiger partial charge in [-0.3, -0.25) is 0 Å². The number of aromatic amines is 1. The molecule has 3 saturated heterocycles. The second-order valence-electron chi connectivity index (χ2n) is 9.64. The first-order chi connectivity index (χ1) is 17.4. The van der Waals surface area contributed by atoms with Gasteiger partial charge in [-0.05, 0) is 44.5 Å². The molecule has 3 aliphatic rings. The fraction of sp³-hybridized carbons (Fsp3) is 0.542. The Balaban J connectivity index is 1.30. The molecule has 192 valence electrons. The lowest BCUT2D eigenvalue weighted by Crippen LogP contribution is -2.41. The fourth-order valence-corrected chi connectivity index (χ4v) is 5.37. The minimum Gasteiger partial charge on any atom is -0.373 e. The van der Waals surface area contributed by atoms with Crippen LogP contribution < -0.4 is 16.0 Å². The molecule has 12 heteroatoms. The van der Waals surface area contributed by atoms with E-state index in [0.29, 0.717) is 36.4 Å². The van der Waals surface area contributed by atoms with Crippen LogP contribution in [-0.2, 0) is 15.7 Å². The van der Waals surface area contributed by atoms with Gasteiger partial charge in [0, 0.05) is 36.4 Å². The number of ether oxygens (including phenoxy) is 2. The number of H-pyrrole nitrogens is 1. The van der Waals surface area contributed by atoms with E-state index in [1.54, 1.807) is 12.1 Å². The second-order valence-corrected chi connectivity index (χ2v) is 9.64. The maximum absolute atomic E-state index is 13.9. The van der Waals surface area contributed by atoms with E-state index < -0.39 is 11.7 Å². The highest BCUT2D eigenvalue weighted by Crippen LogP contribution is 2.39. The molecule has 9 nitrogen and oxygen atoms in total. The molecule has 2 atom stereocenters. The van der Waals surface area contributed by atoms with Gasteiger partial charge < -0.3 is 30.4 Å². The van der Waals surface area contributed by atoms with Crippen LogP contribution in [0.15, 0.2) is 24.5 Å². The first-order valence-electron chi connectivity index (χ1n) is 12.3. The molecule has 36 heavy (non-hydrogen) atoms. The summed E-state index contributed by atoms with van der Waals surface area (Å²) in [6.07, 6.45) is 0.156. The Bertz CT molecular complexity index is 1240. The van der Waals surface area contributed by atoms with Crippen molar-refractivity contribution in [1.29, 1.82) is 0 Å². The zero-order valence-electron chi connectivity index (χ0n) is 19.6. The van der Waals surface area contributed by atoms with E-state index in [-0.39, 0.29) is 29.4 Å². The van der Waals surface area contributed by atoms with Gasteiger partial charge in [0.1, 0.15) is 17.3 Å². The Morgan fingerprint density at radius 2 is 1.94 bits per heavy atom. The molecular weight excluding hydrogens is 475 g/mol. The van der Waals surface area contributed by atoms with Crippen molar-refractivity contribution in [3.63, 3.8) is 0 Å². The van der Waals surface area contributed by atoms with Crippen LogP contribution in [0.25, 0.3) is 22.3 Å². The highest BCUT2D eigenvalue weighted by Gasteiger charge is 2.42. The molecule has 0 radical (unpaired) electrons. The Hall–Kier alpha value is -2.80. The van der Waals surface area contributed by atoms with E-state index in [1.165, 1.54) is 6.20 Å². The largest absolute Gasteiger partial charge is 0.419 e. The maximum Gasteiger partial charge on any atom is 0.419 e. The van der Waals surface area contributed by atoms with Crippen LogP contribution in [0.3, 0.4) is 0 Å². The standard InChI is InChI=1S/C24H28F3N7O2/c25-24(26,27)17-11-31-22(32-14-9-23(36-13-14)3-5-28-6-4-23)34-20(17)16-10-30-21-15(16)1-2-18(33-21)19-12-29-7-8-35-19/h1-2,10-11,14,19,28-29H,3-9,12-13H2,(H,30,33)(H,31,32,34). The number of hydrogen-bond donors (Lipinski definition) is 4. The molecule has 3 aliphatic heterocycles. The predicted octanol–water partition coefficient (Wildman–Crippen LogP) is 3.02. The molecule has 3 aromatic heterocycles. The lowest BCUT2D eigenvalue weighted by molar-refractivity contribution is -0.137. The number of alkyl halides is 3. The van der Waals surface area contributed by atoms with Gasteiger partial charge in [-0.25, -0.2) is 15.0 Å². The number of halogens is 3. The van der Waals surface area contributed by atoms with Gasteiger partial charge in [0.2, 0.25) is 5.95 Å². The summed E-state index contributed by atoms with van der Waals surface area (Å²) < 4.78 is 53.7. The number of anilines is 1. The molecule has 1 spiro atoms. The van der Waals surface area contributed by atoms with E-state index in [4.69, 9.17) is 9.47 Å². The smallest absolute Gasteiger partial charge is 0.373 e. The summed E-state index contributed by atoms with van der Waals surface area (Å²) in [4.78, 5) is 16.0. The molecule has 4 N–H and O–H groups in total. The lowest BCUT2D eigenvalue weighted by atomic mass is 9.88. The highest BCUT2D eigenvalue weighted by atomic mass is 19.4. The van der Waals surface area contributed by atoms with Crippen molar-refractivity contribution in [1.82, 2.24) is 30.6 Å². The number of morpholine rings is 1. The molecule has 0 aliphatic carbocycles. The van der Waals surface area contributed by atoms with Gasteiger partial charge in [0.05, 0.1) is 36.2 Å². The van der Waals surface area contributed by atoms with Crippen LogP contribution in [0, 0.1) is 0 Å². The average molecular weight is 504 g/mol. The Morgan fingerprint density at radius 1 is 1.08 bits per heavy atom. The Kier molecular flexibility index (Phi) is 6.06. The molecule has 3 aromatic rings. The van der Waals surface area contributed by atoms with Crippen LogP contribution in [-0.4, -0.2) is 71.0 Å². The average Bonchev–Trinajstić information content (AvgIpc) is 3.48. The molecule has 2 unspecified atom stereocenters. The van der Waals surface area contributed by atoms with E-state index in [1.807, 2.05) is 0 Å². The maximum atomic E-state index is 13.9. The molecular formula is C24H28F3N7O2.